The van der Waals surface area contributed by atoms with E-state index < -0.39 is 23.5 Å². The van der Waals surface area contributed by atoms with Gasteiger partial charge in [0.05, 0.1) is 39.0 Å². The largest absolute Gasteiger partial charge is 0.507 e. The van der Waals surface area contributed by atoms with Crippen molar-refractivity contribution in [1.29, 1.82) is 0 Å². The normalized spacial score (nSPS) is 20.6. The van der Waals surface area contributed by atoms with Crippen LogP contribution in [0.15, 0.2) is 48.0 Å². The van der Waals surface area contributed by atoms with Gasteiger partial charge in [-0.15, -0.1) is 0 Å². The highest BCUT2D eigenvalue weighted by Gasteiger charge is 2.46. The van der Waals surface area contributed by atoms with Crippen LogP contribution in [0.3, 0.4) is 0 Å². The van der Waals surface area contributed by atoms with Crippen LogP contribution in [0.25, 0.3) is 5.76 Å². The Morgan fingerprint density at radius 2 is 1.71 bits per heavy atom. The molecule has 0 unspecified atom stereocenters. The third-order valence-electron chi connectivity index (χ3n) is 6.14. The van der Waals surface area contributed by atoms with Crippen molar-refractivity contribution < 1.29 is 33.3 Å². The molecule has 2 aromatic carbocycles. The monoisotopic (exact) mass is 470 g/mol. The minimum atomic E-state index is -0.842. The molecule has 1 atom stereocenters. The Kier molecular flexibility index (Phi) is 7.14. The van der Waals surface area contributed by atoms with Gasteiger partial charge < -0.3 is 24.2 Å². The number of ether oxygens (including phenoxy) is 3. The Morgan fingerprint density at radius 1 is 1.03 bits per heavy atom. The first-order valence-corrected chi connectivity index (χ1v) is 11.0. The van der Waals surface area contributed by atoms with Gasteiger partial charge in [0.15, 0.2) is 11.5 Å². The van der Waals surface area contributed by atoms with E-state index in [2.05, 4.69) is 4.90 Å². The maximum absolute atomic E-state index is 13.4. The van der Waals surface area contributed by atoms with Gasteiger partial charge in [-0.1, -0.05) is 6.07 Å². The number of aliphatic hydroxyl groups is 1. The number of rotatable bonds is 7. The van der Waals surface area contributed by atoms with E-state index in [1.807, 2.05) is 0 Å². The standard InChI is InChI=1S/C25H27FN2O6/c1-32-19-8-5-17(15-20(19)33-2)22-21(23(29)16-3-6-18(26)7-4-16)24(30)25(31)28(22)10-9-27-11-13-34-14-12-27/h3-8,15,22,29H,9-14H2,1-2H3/b23-21+/t22-/m1/s1. The molecular formula is C25H27FN2O6. The molecular weight excluding hydrogens is 443 g/mol. The summed E-state index contributed by atoms with van der Waals surface area (Å²) >= 11 is 0. The van der Waals surface area contributed by atoms with Gasteiger partial charge in [0.25, 0.3) is 11.7 Å². The van der Waals surface area contributed by atoms with Crippen LogP contribution >= 0.6 is 0 Å². The summed E-state index contributed by atoms with van der Waals surface area (Å²) in [4.78, 5) is 29.9. The van der Waals surface area contributed by atoms with Gasteiger partial charge in [0, 0.05) is 31.7 Å². The summed E-state index contributed by atoms with van der Waals surface area (Å²) in [5.41, 5.74) is 0.784. The second-order valence-corrected chi connectivity index (χ2v) is 8.07. The average Bonchev–Trinajstić information content (AvgIpc) is 3.12. The van der Waals surface area contributed by atoms with E-state index >= 15 is 0 Å². The van der Waals surface area contributed by atoms with Gasteiger partial charge in [-0.25, -0.2) is 4.39 Å². The van der Waals surface area contributed by atoms with E-state index in [0.717, 1.165) is 13.1 Å². The van der Waals surface area contributed by atoms with Gasteiger partial charge in [-0.2, -0.15) is 0 Å². The molecule has 1 amide bonds. The molecule has 34 heavy (non-hydrogen) atoms. The molecule has 0 bridgehead atoms. The van der Waals surface area contributed by atoms with Crippen molar-refractivity contribution in [3.05, 3.63) is 65.0 Å². The van der Waals surface area contributed by atoms with Crippen LogP contribution in [0.5, 0.6) is 11.5 Å². The number of aliphatic hydroxyl groups excluding tert-OH is 1. The number of morpholine rings is 1. The summed E-state index contributed by atoms with van der Waals surface area (Å²) in [6, 6.07) is 9.39. The summed E-state index contributed by atoms with van der Waals surface area (Å²) in [5, 5.41) is 11.1. The average molecular weight is 470 g/mol. The van der Waals surface area contributed by atoms with Crippen molar-refractivity contribution in [3.63, 3.8) is 0 Å². The van der Waals surface area contributed by atoms with E-state index in [1.165, 1.54) is 43.4 Å². The van der Waals surface area contributed by atoms with Gasteiger partial charge in [-0.05, 0) is 42.0 Å². The maximum Gasteiger partial charge on any atom is 0.295 e. The fraction of sp³-hybridized carbons (Fsp3) is 0.360. The molecule has 2 aliphatic heterocycles. The van der Waals surface area contributed by atoms with Crippen LogP contribution in [0.2, 0.25) is 0 Å². The lowest BCUT2D eigenvalue weighted by molar-refractivity contribution is -0.140. The molecule has 0 aliphatic carbocycles. The lowest BCUT2D eigenvalue weighted by atomic mass is 9.95. The Morgan fingerprint density at radius 3 is 2.35 bits per heavy atom. The molecule has 8 nitrogen and oxygen atoms in total. The smallest absolute Gasteiger partial charge is 0.295 e. The van der Waals surface area contributed by atoms with Gasteiger partial charge >= 0.3 is 0 Å². The van der Waals surface area contributed by atoms with Crippen molar-refractivity contribution in [2.24, 2.45) is 0 Å². The van der Waals surface area contributed by atoms with Crippen molar-refractivity contribution >= 4 is 17.4 Å². The summed E-state index contributed by atoms with van der Waals surface area (Å²) in [6.07, 6.45) is 0. The summed E-state index contributed by atoms with van der Waals surface area (Å²) in [7, 11) is 3.01. The van der Waals surface area contributed by atoms with E-state index in [9.17, 15) is 19.1 Å². The first-order chi connectivity index (χ1) is 16.4. The molecule has 9 heteroatoms. The molecule has 2 fully saturated rings. The van der Waals surface area contributed by atoms with Crippen LogP contribution < -0.4 is 9.47 Å². The lowest BCUT2D eigenvalue weighted by Crippen LogP contribution is -2.42. The molecule has 180 valence electrons. The van der Waals surface area contributed by atoms with Crippen LogP contribution in [-0.2, 0) is 14.3 Å². The van der Waals surface area contributed by atoms with Crippen molar-refractivity contribution in [2.45, 2.75) is 6.04 Å². The second-order valence-electron chi connectivity index (χ2n) is 8.07. The number of nitrogens with zero attached hydrogens (tertiary/aromatic N) is 2. The first kappa shape index (κ1) is 23.7. The molecule has 2 saturated heterocycles. The maximum atomic E-state index is 13.4. The Labute approximate surface area is 197 Å². The molecule has 0 spiro atoms. The number of hydrogen-bond donors (Lipinski definition) is 1. The third-order valence-corrected chi connectivity index (χ3v) is 6.14. The highest BCUT2D eigenvalue weighted by molar-refractivity contribution is 6.46. The molecule has 2 aliphatic rings. The quantitative estimate of drug-likeness (QED) is 0.378. The highest BCUT2D eigenvalue weighted by atomic mass is 19.1. The lowest BCUT2D eigenvalue weighted by Gasteiger charge is -2.31. The van der Waals surface area contributed by atoms with Crippen molar-refractivity contribution in [2.75, 3.05) is 53.6 Å². The summed E-state index contributed by atoms with van der Waals surface area (Å²) in [6.45, 7) is 3.53. The number of halogens is 1. The molecule has 2 heterocycles. The topological polar surface area (TPSA) is 88.5 Å². The minimum absolute atomic E-state index is 0.0502. The Balaban J connectivity index is 1.77. The number of carbonyl (C=O) groups is 2. The predicted molar refractivity (Wildman–Crippen MR) is 122 cm³/mol. The number of methoxy groups -OCH3 is 2. The number of Topliss-reactive ketones (excluding diaryl/α,β-unsaturated/α-hetero) is 1. The van der Waals surface area contributed by atoms with Crippen LogP contribution in [0.1, 0.15) is 17.2 Å². The van der Waals surface area contributed by atoms with Gasteiger partial charge in [0.1, 0.15) is 11.6 Å². The molecule has 4 rings (SSSR count). The zero-order chi connectivity index (χ0) is 24.2. The van der Waals surface area contributed by atoms with Gasteiger partial charge in [0.2, 0.25) is 0 Å². The number of carbonyl (C=O) groups excluding carboxylic acids is 2. The van der Waals surface area contributed by atoms with E-state index in [4.69, 9.17) is 14.2 Å². The van der Waals surface area contributed by atoms with Gasteiger partial charge in [-0.3, -0.25) is 14.5 Å². The number of amides is 1. The van der Waals surface area contributed by atoms with E-state index in [1.54, 1.807) is 18.2 Å². The van der Waals surface area contributed by atoms with Crippen molar-refractivity contribution in [3.8, 4) is 11.5 Å². The molecule has 0 aromatic heterocycles. The second kappa shape index (κ2) is 10.2. The number of ketones is 1. The highest BCUT2D eigenvalue weighted by Crippen LogP contribution is 2.41. The van der Waals surface area contributed by atoms with E-state index in [0.29, 0.717) is 36.8 Å². The molecule has 0 radical (unpaired) electrons. The fourth-order valence-electron chi connectivity index (χ4n) is 4.32. The van der Waals surface area contributed by atoms with Crippen LogP contribution in [0, 0.1) is 5.82 Å². The van der Waals surface area contributed by atoms with Crippen molar-refractivity contribution in [1.82, 2.24) is 9.80 Å². The number of hydrogen-bond acceptors (Lipinski definition) is 7. The number of benzene rings is 2. The number of likely N-dealkylation sites (tertiary alicyclic amines) is 1. The Hall–Kier alpha value is -3.43. The van der Waals surface area contributed by atoms with Crippen LogP contribution in [-0.4, -0.2) is 80.2 Å². The molecule has 0 saturated carbocycles. The Bertz CT molecular complexity index is 1100. The molecule has 2 aromatic rings. The zero-order valence-corrected chi connectivity index (χ0v) is 19.1. The third kappa shape index (κ3) is 4.62. The SMILES string of the molecule is COc1ccc([C@@H]2/C(=C(\O)c3ccc(F)cc3)C(=O)C(=O)N2CCN2CCOCC2)cc1OC. The first-order valence-electron chi connectivity index (χ1n) is 11.0. The minimum Gasteiger partial charge on any atom is -0.507 e. The summed E-state index contributed by atoms with van der Waals surface area (Å²) < 4.78 is 29.6. The summed E-state index contributed by atoms with van der Waals surface area (Å²) in [5.74, 6) is -1.39. The fourth-order valence-corrected chi connectivity index (χ4v) is 4.32. The molecule has 1 N–H and O–H groups in total. The van der Waals surface area contributed by atoms with Crippen LogP contribution in [0.4, 0.5) is 4.39 Å². The van der Waals surface area contributed by atoms with E-state index in [-0.39, 0.29) is 23.4 Å². The zero-order valence-electron chi connectivity index (χ0n) is 19.1. The predicted octanol–water partition coefficient (Wildman–Crippen LogP) is 2.60.